The lowest BCUT2D eigenvalue weighted by Crippen LogP contribution is -2.09. The van der Waals surface area contributed by atoms with Gasteiger partial charge in [0.1, 0.15) is 5.01 Å². The van der Waals surface area contributed by atoms with Crippen molar-refractivity contribution >= 4 is 26.8 Å². The minimum absolute atomic E-state index is 0.0857. The lowest BCUT2D eigenvalue weighted by atomic mass is 10.2. The minimum Gasteiger partial charge on any atom is -0.490 e. The molecule has 0 saturated carbocycles. The molecule has 0 saturated heterocycles. The SMILES string of the molecule is CCOP(=O)(OCC)OC(c1ccc(OCCc2nc(-c3ccccc3)sc2C)c(F)c1)P(=O)(O)O. The van der Waals surface area contributed by atoms with Crippen LogP contribution in [0, 0.1) is 12.7 Å². The van der Waals surface area contributed by atoms with E-state index in [0.29, 0.717) is 6.42 Å². The van der Waals surface area contributed by atoms with E-state index in [1.807, 2.05) is 37.3 Å². The fraction of sp³-hybridized carbons (Fsp3) is 0.348. The van der Waals surface area contributed by atoms with E-state index >= 15 is 0 Å². The molecule has 0 bridgehead atoms. The van der Waals surface area contributed by atoms with Crippen molar-refractivity contribution in [3.63, 3.8) is 0 Å². The zero-order chi connectivity index (χ0) is 26.3. The zero-order valence-electron chi connectivity index (χ0n) is 20.0. The van der Waals surface area contributed by atoms with Crippen LogP contribution in [0.1, 0.15) is 35.8 Å². The molecule has 0 aliphatic carbocycles. The van der Waals surface area contributed by atoms with Gasteiger partial charge in [0, 0.05) is 16.9 Å². The number of phosphoric acid groups is 1. The molecule has 0 amide bonds. The summed E-state index contributed by atoms with van der Waals surface area (Å²) < 4.78 is 60.0. The second-order valence-corrected chi connectivity index (χ2v) is 12.0. The molecular formula is C23H28FNO8P2S. The van der Waals surface area contributed by atoms with Crippen LogP contribution in [-0.4, -0.2) is 34.6 Å². The Morgan fingerprint density at radius 1 is 1.06 bits per heavy atom. The summed E-state index contributed by atoms with van der Waals surface area (Å²) in [6.45, 7) is 4.96. The van der Waals surface area contributed by atoms with E-state index in [0.717, 1.165) is 27.2 Å². The Balaban J connectivity index is 1.71. The predicted molar refractivity (Wildman–Crippen MR) is 135 cm³/mol. The lowest BCUT2D eigenvalue weighted by molar-refractivity contribution is 0.0996. The molecular weight excluding hydrogens is 531 g/mol. The Morgan fingerprint density at radius 3 is 2.31 bits per heavy atom. The van der Waals surface area contributed by atoms with E-state index in [-0.39, 0.29) is 31.1 Å². The van der Waals surface area contributed by atoms with Crippen molar-refractivity contribution in [1.82, 2.24) is 4.98 Å². The number of aromatic nitrogens is 1. The molecule has 1 atom stereocenters. The van der Waals surface area contributed by atoms with Crippen LogP contribution in [0.5, 0.6) is 5.75 Å². The molecule has 0 spiro atoms. The van der Waals surface area contributed by atoms with Crippen LogP contribution >= 0.6 is 26.8 Å². The van der Waals surface area contributed by atoms with Gasteiger partial charge < -0.3 is 14.5 Å². The van der Waals surface area contributed by atoms with Gasteiger partial charge in [-0.2, -0.15) is 0 Å². The summed E-state index contributed by atoms with van der Waals surface area (Å²) in [6.07, 6.45) is 0.441. The third-order valence-electron chi connectivity index (χ3n) is 4.86. The van der Waals surface area contributed by atoms with E-state index in [2.05, 4.69) is 4.98 Å². The Kier molecular flexibility index (Phi) is 9.97. The molecule has 36 heavy (non-hydrogen) atoms. The first kappa shape index (κ1) is 28.6. The van der Waals surface area contributed by atoms with Crippen LogP contribution in [0.2, 0.25) is 0 Å². The van der Waals surface area contributed by atoms with Gasteiger partial charge in [-0.05, 0) is 38.5 Å². The van der Waals surface area contributed by atoms with E-state index in [1.54, 1.807) is 11.3 Å². The van der Waals surface area contributed by atoms with Gasteiger partial charge in [0.05, 0.1) is 25.5 Å². The molecule has 9 nitrogen and oxygen atoms in total. The molecule has 0 aliphatic heterocycles. The van der Waals surface area contributed by atoms with E-state index in [4.69, 9.17) is 18.3 Å². The molecule has 2 aromatic carbocycles. The molecule has 3 aromatic rings. The number of phosphoric ester groups is 1. The topological polar surface area (TPSA) is 124 Å². The maximum Gasteiger partial charge on any atom is 0.475 e. The van der Waals surface area contributed by atoms with Gasteiger partial charge in [0.15, 0.2) is 17.4 Å². The number of hydrogen-bond acceptors (Lipinski definition) is 8. The highest BCUT2D eigenvalue weighted by molar-refractivity contribution is 7.54. The maximum absolute atomic E-state index is 14.8. The van der Waals surface area contributed by atoms with Gasteiger partial charge in [0.25, 0.3) is 0 Å². The monoisotopic (exact) mass is 559 g/mol. The quantitative estimate of drug-likeness (QED) is 0.234. The normalized spacial score (nSPS) is 13.1. The molecule has 1 heterocycles. The molecule has 196 valence electrons. The van der Waals surface area contributed by atoms with E-state index in [1.165, 1.54) is 26.0 Å². The summed E-state index contributed by atoms with van der Waals surface area (Å²) in [5.41, 5.74) is 1.61. The number of hydrogen-bond donors (Lipinski definition) is 2. The average molecular weight is 559 g/mol. The summed E-state index contributed by atoms with van der Waals surface area (Å²) in [6, 6.07) is 13.1. The minimum atomic E-state index is -5.04. The molecule has 0 fully saturated rings. The van der Waals surface area contributed by atoms with E-state index in [9.17, 15) is 23.3 Å². The second-order valence-electron chi connectivity index (χ2n) is 7.51. The van der Waals surface area contributed by atoms with Gasteiger partial charge in [0.2, 0.25) is 0 Å². The van der Waals surface area contributed by atoms with Crippen LogP contribution in [0.4, 0.5) is 4.39 Å². The summed E-state index contributed by atoms with van der Waals surface area (Å²) in [5.74, 6) is -3.03. The summed E-state index contributed by atoms with van der Waals surface area (Å²) in [4.78, 5) is 25.2. The molecule has 13 heteroatoms. The van der Waals surface area contributed by atoms with Crippen LogP contribution < -0.4 is 4.74 Å². The van der Waals surface area contributed by atoms with Gasteiger partial charge in [-0.15, -0.1) is 11.3 Å². The van der Waals surface area contributed by atoms with Crippen molar-refractivity contribution < 1.29 is 41.6 Å². The fourth-order valence-electron chi connectivity index (χ4n) is 3.26. The van der Waals surface area contributed by atoms with Crippen molar-refractivity contribution in [1.29, 1.82) is 0 Å². The van der Waals surface area contributed by atoms with E-state index < -0.39 is 27.1 Å². The highest BCUT2D eigenvalue weighted by Crippen LogP contribution is 2.62. The Labute approximate surface area is 213 Å². The van der Waals surface area contributed by atoms with Crippen LogP contribution in [0.15, 0.2) is 48.5 Å². The number of rotatable bonds is 13. The third kappa shape index (κ3) is 7.54. The summed E-state index contributed by atoms with van der Waals surface area (Å²) >= 11 is 1.56. The third-order valence-corrected chi connectivity index (χ3v) is 8.72. The molecule has 0 radical (unpaired) electrons. The van der Waals surface area contributed by atoms with Crippen molar-refractivity contribution in [2.45, 2.75) is 33.0 Å². The zero-order valence-corrected chi connectivity index (χ0v) is 22.6. The fourth-order valence-corrected chi connectivity index (χ4v) is 6.81. The summed E-state index contributed by atoms with van der Waals surface area (Å²) in [7, 11) is -9.33. The van der Waals surface area contributed by atoms with Gasteiger partial charge in [-0.3, -0.25) is 18.1 Å². The Bertz CT molecular complexity index is 1240. The second kappa shape index (κ2) is 12.5. The standard InChI is InChI=1S/C23H28FNO8P2S/c1-4-31-35(29,32-5-2)33-23(34(26,27)28)18-11-12-21(19(24)15-18)30-14-13-20-16(3)36-22(25-20)17-9-7-6-8-10-17/h6-12,15,23H,4-5,13-14H2,1-3H3,(H2,26,27,28). The predicted octanol–water partition coefficient (Wildman–Crippen LogP) is 6.25. The molecule has 2 N–H and O–H groups in total. The lowest BCUT2D eigenvalue weighted by Gasteiger charge is -2.24. The largest absolute Gasteiger partial charge is 0.490 e. The van der Waals surface area contributed by atoms with Crippen LogP contribution in [0.25, 0.3) is 10.6 Å². The van der Waals surface area contributed by atoms with Crippen molar-refractivity contribution in [3.8, 4) is 16.3 Å². The average Bonchev–Trinajstić information content (AvgIpc) is 3.19. The van der Waals surface area contributed by atoms with Crippen LogP contribution in [-0.2, 0) is 29.1 Å². The smallest absolute Gasteiger partial charge is 0.475 e. The van der Waals surface area contributed by atoms with Crippen molar-refractivity contribution in [2.24, 2.45) is 0 Å². The van der Waals surface area contributed by atoms with Gasteiger partial charge in [-0.1, -0.05) is 36.4 Å². The van der Waals surface area contributed by atoms with Gasteiger partial charge >= 0.3 is 15.4 Å². The molecule has 1 aromatic heterocycles. The first-order valence-electron chi connectivity index (χ1n) is 11.1. The van der Waals surface area contributed by atoms with Gasteiger partial charge in [-0.25, -0.2) is 13.9 Å². The Morgan fingerprint density at radius 2 is 1.72 bits per heavy atom. The highest BCUT2D eigenvalue weighted by atomic mass is 32.1. The Hall–Kier alpha value is -1.94. The number of aryl methyl sites for hydroxylation is 1. The molecule has 3 rings (SSSR count). The first-order chi connectivity index (χ1) is 17.1. The maximum atomic E-state index is 14.8. The number of thiazole rings is 1. The molecule has 1 unspecified atom stereocenters. The molecule has 0 aliphatic rings. The number of ether oxygens (including phenoxy) is 1. The van der Waals surface area contributed by atoms with Crippen molar-refractivity contribution in [2.75, 3.05) is 19.8 Å². The number of benzene rings is 2. The number of halogens is 1. The summed E-state index contributed by atoms with van der Waals surface area (Å²) in [5, 5.41) is 0.888. The van der Waals surface area contributed by atoms with Crippen LogP contribution in [0.3, 0.4) is 0 Å². The van der Waals surface area contributed by atoms with Crippen molar-refractivity contribution in [3.05, 3.63) is 70.5 Å². The highest BCUT2D eigenvalue weighted by Gasteiger charge is 2.40. The number of nitrogens with zero attached hydrogens (tertiary/aromatic N) is 1. The first-order valence-corrected chi connectivity index (χ1v) is 15.1.